The molecule has 1 aromatic heterocycles. The minimum absolute atomic E-state index is 0.00900. The minimum atomic E-state index is -1.13. The highest BCUT2D eigenvalue weighted by Gasteiger charge is 2.19. The second-order valence-corrected chi connectivity index (χ2v) is 4.87. The molecule has 0 atom stereocenters. The molecule has 0 unspecified atom stereocenters. The van der Waals surface area contributed by atoms with E-state index in [9.17, 15) is 14.0 Å². The van der Waals surface area contributed by atoms with Crippen molar-refractivity contribution in [1.82, 2.24) is 5.32 Å². The van der Waals surface area contributed by atoms with Gasteiger partial charge < -0.3 is 14.8 Å². The molecule has 1 aromatic carbocycles. The number of furan rings is 1. The van der Waals surface area contributed by atoms with Crippen LogP contribution < -0.4 is 5.32 Å². The van der Waals surface area contributed by atoms with Gasteiger partial charge in [-0.1, -0.05) is 19.1 Å². The number of hydrogen-bond donors (Lipinski definition) is 2. The molecule has 0 aliphatic carbocycles. The van der Waals surface area contributed by atoms with E-state index in [-0.39, 0.29) is 29.4 Å². The molecule has 0 spiro atoms. The number of rotatable bonds is 5. The maximum atomic E-state index is 13.2. The SMILES string of the molecule is CCc1oc(C(=O)NCc2ccc(F)c(C)c2)cc1C(=O)O. The lowest BCUT2D eigenvalue weighted by atomic mass is 10.1. The number of carbonyl (C=O) groups excluding carboxylic acids is 1. The third-order valence-electron chi connectivity index (χ3n) is 3.26. The van der Waals surface area contributed by atoms with Gasteiger partial charge in [-0.3, -0.25) is 4.79 Å². The quantitative estimate of drug-likeness (QED) is 0.890. The first kappa shape index (κ1) is 15.8. The molecule has 1 amide bonds. The van der Waals surface area contributed by atoms with Crippen molar-refractivity contribution in [2.75, 3.05) is 0 Å². The lowest BCUT2D eigenvalue weighted by molar-refractivity contribution is 0.0694. The average Bonchev–Trinajstić information content (AvgIpc) is 2.92. The Bertz CT molecular complexity index is 721. The van der Waals surface area contributed by atoms with Crippen molar-refractivity contribution < 1.29 is 23.5 Å². The summed E-state index contributed by atoms with van der Waals surface area (Å²) in [5.41, 5.74) is 1.23. The Balaban J connectivity index is 2.09. The highest BCUT2D eigenvalue weighted by atomic mass is 19.1. The molecule has 1 heterocycles. The Hall–Kier alpha value is -2.63. The van der Waals surface area contributed by atoms with E-state index in [2.05, 4.69) is 5.32 Å². The van der Waals surface area contributed by atoms with Crippen LogP contribution in [0.15, 0.2) is 28.7 Å². The molecule has 2 aromatic rings. The lowest BCUT2D eigenvalue weighted by Crippen LogP contribution is -2.22. The Kier molecular flexibility index (Phi) is 4.60. The highest BCUT2D eigenvalue weighted by molar-refractivity contribution is 5.96. The molecular weight excluding hydrogens is 289 g/mol. The Morgan fingerprint density at radius 1 is 1.32 bits per heavy atom. The van der Waals surface area contributed by atoms with Gasteiger partial charge in [0.25, 0.3) is 5.91 Å². The predicted octanol–water partition coefficient (Wildman–Crippen LogP) is 2.92. The molecular formula is C16H16FNO4. The number of carboxylic acid groups (broad SMARTS) is 1. The first-order valence-electron chi connectivity index (χ1n) is 6.81. The van der Waals surface area contributed by atoms with Crippen LogP contribution >= 0.6 is 0 Å². The van der Waals surface area contributed by atoms with Gasteiger partial charge in [0.1, 0.15) is 17.1 Å². The van der Waals surface area contributed by atoms with Crippen molar-refractivity contribution in [2.45, 2.75) is 26.8 Å². The van der Waals surface area contributed by atoms with Crippen LogP contribution in [0.25, 0.3) is 0 Å². The van der Waals surface area contributed by atoms with Crippen LogP contribution in [-0.2, 0) is 13.0 Å². The minimum Gasteiger partial charge on any atom is -0.478 e. The van der Waals surface area contributed by atoms with Crippen LogP contribution in [0.5, 0.6) is 0 Å². The molecule has 0 radical (unpaired) electrons. The Labute approximate surface area is 126 Å². The molecule has 0 saturated carbocycles. The Morgan fingerprint density at radius 3 is 2.59 bits per heavy atom. The molecule has 0 aliphatic rings. The van der Waals surface area contributed by atoms with E-state index in [1.54, 1.807) is 26.0 Å². The molecule has 0 aliphatic heterocycles. The summed E-state index contributed by atoms with van der Waals surface area (Å²) >= 11 is 0. The van der Waals surface area contributed by atoms with E-state index in [1.165, 1.54) is 12.1 Å². The fourth-order valence-corrected chi connectivity index (χ4v) is 2.07. The third-order valence-corrected chi connectivity index (χ3v) is 3.26. The van der Waals surface area contributed by atoms with Gasteiger partial charge in [0.2, 0.25) is 0 Å². The second-order valence-electron chi connectivity index (χ2n) is 4.87. The highest BCUT2D eigenvalue weighted by Crippen LogP contribution is 2.17. The summed E-state index contributed by atoms with van der Waals surface area (Å²) in [6.45, 7) is 3.58. The van der Waals surface area contributed by atoms with Crippen molar-refractivity contribution >= 4 is 11.9 Å². The molecule has 2 N–H and O–H groups in total. The van der Waals surface area contributed by atoms with E-state index >= 15 is 0 Å². The second kappa shape index (κ2) is 6.43. The van der Waals surface area contributed by atoms with Gasteiger partial charge in [-0.05, 0) is 24.1 Å². The van der Waals surface area contributed by atoms with Crippen molar-refractivity contribution in [2.24, 2.45) is 0 Å². The van der Waals surface area contributed by atoms with Crippen LogP contribution in [0.1, 0.15) is 44.7 Å². The first-order valence-corrected chi connectivity index (χ1v) is 6.81. The smallest absolute Gasteiger partial charge is 0.339 e. The van der Waals surface area contributed by atoms with Gasteiger partial charge in [-0.25, -0.2) is 9.18 Å². The number of halogens is 1. The first-order chi connectivity index (χ1) is 10.4. The van der Waals surface area contributed by atoms with Gasteiger partial charge in [-0.2, -0.15) is 0 Å². The summed E-state index contributed by atoms with van der Waals surface area (Å²) in [5, 5.41) is 11.6. The van der Waals surface area contributed by atoms with Gasteiger partial charge in [0.05, 0.1) is 0 Å². The number of benzene rings is 1. The maximum Gasteiger partial charge on any atom is 0.339 e. The summed E-state index contributed by atoms with van der Waals surface area (Å²) in [7, 11) is 0. The van der Waals surface area contributed by atoms with Crippen LogP contribution in [-0.4, -0.2) is 17.0 Å². The van der Waals surface area contributed by atoms with Crippen molar-refractivity contribution in [3.05, 3.63) is 58.3 Å². The zero-order valence-corrected chi connectivity index (χ0v) is 12.3. The van der Waals surface area contributed by atoms with Crippen molar-refractivity contribution in [3.63, 3.8) is 0 Å². The fourth-order valence-electron chi connectivity index (χ4n) is 2.07. The van der Waals surface area contributed by atoms with Crippen LogP contribution in [0.2, 0.25) is 0 Å². The van der Waals surface area contributed by atoms with Crippen molar-refractivity contribution in [1.29, 1.82) is 0 Å². The summed E-state index contributed by atoms with van der Waals surface area (Å²) in [4.78, 5) is 23.0. The molecule has 0 saturated heterocycles. The number of amides is 1. The van der Waals surface area contributed by atoms with E-state index in [1.807, 2.05) is 0 Å². The molecule has 116 valence electrons. The van der Waals surface area contributed by atoms with Crippen molar-refractivity contribution in [3.8, 4) is 0 Å². The molecule has 2 rings (SSSR count). The number of aromatic carboxylic acids is 1. The predicted molar refractivity (Wildman–Crippen MR) is 77.4 cm³/mol. The van der Waals surface area contributed by atoms with Crippen LogP contribution in [0, 0.1) is 12.7 Å². The standard InChI is InChI=1S/C16H16FNO4/c1-3-13-11(16(20)21)7-14(22-13)15(19)18-8-10-4-5-12(17)9(2)6-10/h4-7H,3,8H2,1-2H3,(H,18,19)(H,20,21). The van der Waals surface area contributed by atoms with E-state index in [4.69, 9.17) is 9.52 Å². The number of nitrogens with one attached hydrogen (secondary N) is 1. The summed E-state index contributed by atoms with van der Waals surface area (Å²) in [6.07, 6.45) is 0.381. The number of carbonyl (C=O) groups is 2. The average molecular weight is 305 g/mol. The molecule has 0 fully saturated rings. The summed E-state index contributed by atoms with van der Waals surface area (Å²) in [5.74, 6) is -1.74. The van der Waals surface area contributed by atoms with Gasteiger partial charge in [0.15, 0.2) is 5.76 Å². The van der Waals surface area contributed by atoms with E-state index in [0.717, 1.165) is 5.56 Å². The molecule has 5 nitrogen and oxygen atoms in total. The third kappa shape index (κ3) is 3.33. The molecule has 6 heteroatoms. The Morgan fingerprint density at radius 2 is 2.05 bits per heavy atom. The van der Waals surface area contributed by atoms with Crippen LogP contribution in [0.4, 0.5) is 4.39 Å². The number of aryl methyl sites for hydroxylation is 2. The summed E-state index contributed by atoms with van der Waals surface area (Å²) < 4.78 is 18.4. The maximum absolute atomic E-state index is 13.2. The zero-order chi connectivity index (χ0) is 16.3. The van der Waals surface area contributed by atoms with Gasteiger partial charge >= 0.3 is 5.97 Å². The summed E-state index contributed by atoms with van der Waals surface area (Å²) in [6, 6.07) is 5.76. The van der Waals surface area contributed by atoms with E-state index in [0.29, 0.717) is 12.0 Å². The molecule has 22 heavy (non-hydrogen) atoms. The topological polar surface area (TPSA) is 79.5 Å². The van der Waals surface area contributed by atoms with Crippen LogP contribution in [0.3, 0.4) is 0 Å². The fraction of sp³-hybridized carbons (Fsp3) is 0.250. The zero-order valence-electron chi connectivity index (χ0n) is 12.3. The van der Waals surface area contributed by atoms with Gasteiger partial charge in [0, 0.05) is 19.0 Å². The number of hydrogen-bond acceptors (Lipinski definition) is 3. The van der Waals surface area contributed by atoms with Gasteiger partial charge in [-0.15, -0.1) is 0 Å². The lowest BCUT2D eigenvalue weighted by Gasteiger charge is -2.05. The van der Waals surface area contributed by atoms with E-state index < -0.39 is 11.9 Å². The molecule has 0 bridgehead atoms. The largest absolute Gasteiger partial charge is 0.478 e. The monoisotopic (exact) mass is 305 g/mol. The number of carboxylic acids is 1. The normalized spacial score (nSPS) is 10.5.